The van der Waals surface area contributed by atoms with E-state index < -0.39 is 0 Å². The molecular formula is C16H16ClN3O2. The Labute approximate surface area is 133 Å². The van der Waals surface area contributed by atoms with E-state index in [4.69, 9.17) is 16.1 Å². The molecule has 1 atom stereocenters. The topological polar surface area (TPSA) is 68.0 Å². The van der Waals surface area contributed by atoms with E-state index in [9.17, 15) is 4.79 Å². The molecule has 22 heavy (non-hydrogen) atoms. The van der Waals surface area contributed by atoms with Crippen LogP contribution in [0.4, 0.5) is 0 Å². The highest BCUT2D eigenvalue weighted by atomic mass is 35.5. The van der Waals surface area contributed by atoms with Crippen molar-refractivity contribution in [3.63, 3.8) is 0 Å². The standard InChI is InChI=1S/C16H16ClN3O2/c17-13-8-6-11(7-9-13)15-19-14(22-20-15)10-18-16(21)12-4-2-1-3-5-12/h1-2,6-9,12H,3-5,10H2,(H,18,21). The molecule has 0 aliphatic heterocycles. The SMILES string of the molecule is O=C(NCc1nc(-c2ccc(Cl)cc2)no1)C1CC=CCC1. The Morgan fingerprint density at radius 1 is 1.32 bits per heavy atom. The Hall–Kier alpha value is -2.14. The molecule has 0 saturated carbocycles. The molecule has 1 unspecified atom stereocenters. The molecule has 1 N–H and O–H groups in total. The van der Waals surface area contributed by atoms with Gasteiger partial charge in [-0.3, -0.25) is 4.79 Å². The second-order valence-corrected chi connectivity index (χ2v) is 5.65. The summed E-state index contributed by atoms with van der Waals surface area (Å²) in [5.74, 6) is 0.963. The first kappa shape index (κ1) is 14.8. The van der Waals surface area contributed by atoms with Crippen LogP contribution in [0.25, 0.3) is 11.4 Å². The number of hydrogen-bond donors (Lipinski definition) is 1. The van der Waals surface area contributed by atoms with Crippen LogP contribution in [0.15, 0.2) is 40.9 Å². The van der Waals surface area contributed by atoms with Gasteiger partial charge in [-0.25, -0.2) is 0 Å². The van der Waals surface area contributed by atoms with E-state index in [0.717, 1.165) is 24.8 Å². The van der Waals surface area contributed by atoms with Crippen molar-refractivity contribution < 1.29 is 9.32 Å². The number of rotatable bonds is 4. The van der Waals surface area contributed by atoms with Gasteiger partial charge >= 0.3 is 0 Å². The van der Waals surface area contributed by atoms with Gasteiger partial charge in [-0.2, -0.15) is 4.98 Å². The maximum Gasteiger partial charge on any atom is 0.246 e. The predicted octanol–water partition coefficient (Wildman–Crippen LogP) is 3.36. The predicted molar refractivity (Wildman–Crippen MR) is 83.1 cm³/mol. The van der Waals surface area contributed by atoms with Crippen molar-refractivity contribution >= 4 is 17.5 Å². The van der Waals surface area contributed by atoms with Crippen LogP contribution < -0.4 is 5.32 Å². The molecule has 5 nitrogen and oxygen atoms in total. The second kappa shape index (κ2) is 6.75. The highest BCUT2D eigenvalue weighted by molar-refractivity contribution is 6.30. The van der Waals surface area contributed by atoms with Gasteiger partial charge in [-0.1, -0.05) is 28.9 Å². The highest BCUT2D eigenvalue weighted by Gasteiger charge is 2.19. The van der Waals surface area contributed by atoms with Gasteiger partial charge in [-0.05, 0) is 43.5 Å². The third-order valence-corrected chi connectivity index (χ3v) is 3.88. The molecule has 0 spiro atoms. The van der Waals surface area contributed by atoms with Crippen LogP contribution in [0.5, 0.6) is 0 Å². The molecule has 114 valence electrons. The molecule has 0 radical (unpaired) electrons. The van der Waals surface area contributed by atoms with Gasteiger partial charge in [-0.15, -0.1) is 0 Å². The zero-order valence-corrected chi connectivity index (χ0v) is 12.7. The quantitative estimate of drug-likeness (QED) is 0.878. The van der Waals surface area contributed by atoms with E-state index in [-0.39, 0.29) is 18.4 Å². The van der Waals surface area contributed by atoms with Gasteiger partial charge in [0.05, 0.1) is 6.54 Å². The van der Waals surface area contributed by atoms with E-state index in [2.05, 4.69) is 27.6 Å². The van der Waals surface area contributed by atoms with Crippen LogP contribution >= 0.6 is 11.6 Å². The molecular weight excluding hydrogens is 302 g/mol. The average Bonchev–Trinajstić information content (AvgIpc) is 3.03. The molecule has 0 fully saturated rings. The number of nitrogens with one attached hydrogen (secondary N) is 1. The lowest BCUT2D eigenvalue weighted by atomic mass is 9.94. The average molecular weight is 318 g/mol. The van der Waals surface area contributed by atoms with E-state index in [1.165, 1.54) is 0 Å². The Morgan fingerprint density at radius 3 is 2.86 bits per heavy atom. The lowest BCUT2D eigenvalue weighted by Gasteiger charge is -2.16. The first-order chi connectivity index (χ1) is 10.7. The summed E-state index contributed by atoms with van der Waals surface area (Å²) in [6.07, 6.45) is 6.81. The Kier molecular flexibility index (Phi) is 4.53. The monoisotopic (exact) mass is 317 g/mol. The zero-order valence-electron chi connectivity index (χ0n) is 12.0. The fraction of sp³-hybridized carbons (Fsp3) is 0.312. The third kappa shape index (κ3) is 3.54. The highest BCUT2D eigenvalue weighted by Crippen LogP contribution is 2.20. The second-order valence-electron chi connectivity index (χ2n) is 5.22. The van der Waals surface area contributed by atoms with Crippen LogP contribution in [0.3, 0.4) is 0 Å². The normalized spacial score (nSPS) is 17.4. The van der Waals surface area contributed by atoms with Crippen molar-refractivity contribution in [2.45, 2.75) is 25.8 Å². The lowest BCUT2D eigenvalue weighted by Crippen LogP contribution is -2.30. The van der Waals surface area contributed by atoms with Gasteiger partial charge in [0.25, 0.3) is 0 Å². The van der Waals surface area contributed by atoms with Crippen LogP contribution in [0, 0.1) is 5.92 Å². The van der Waals surface area contributed by atoms with E-state index in [1.807, 2.05) is 12.1 Å². The first-order valence-corrected chi connectivity index (χ1v) is 7.61. The smallest absolute Gasteiger partial charge is 0.246 e. The number of hydrogen-bond acceptors (Lipinski definition) is 4. The van der Waals surface area contributed by atoms with E-state index >= 15 is 0 Å². The van der Waals surface area contributed by atoms with Gasteiger partial charge in [0.15, 0.2) is 0 Å². The number of halogens is 1. The number of benzene rings is 1. The summed E-state index contributed by atoms with van der Waals surface area (Å²) in [4.78, 5) is 16.3. The minimum Gasteiger partial charge on any atom is -0.347 e. The van der Waals surface area contributed by atoms with Crippen molar-refractivity contribution in [2.24, 2.45) is 5.92 Å². The maximum absolute atomic E-state index is 12.0. The first-order valence-electron chi connectivity index (χ1n) is 7.23. The molecule has 6 heteroatoms. The van der Waals surface area contributed by atoms with Crippen molar-refractivity contribution in [3.8, 4) is 11.4 Å². The van der Waals surface area contributed by atoms with Crippen molar-refractivity contribution in [3.05, 3.63) is 47.3 Å². The summed E-state index contributed by atoms with van der Waals surface area (Å²) < 4.78 is 5.16. The Morgan fingerprint density at radius 2 is 2.14 bits per heavy atom. The molecule has 2 aromatic rings. The van der Waals surface area contributed by atoms with Crippen molar-refractivity contribution in [1.82, 2.24) is 15.5 Å². The van der Waals surface area contributed by atoms with Crippen LogP contribution in [0.1, 0.15) is 25.2 Å². The summed E-state index contributed by atoms with van der Waals surface area (Å²) in [7, 11) is 0. The molecule has 0 saturated heterocycles. The molecule has 0 bridgehead atoms. The Balaban J connectivity index is 1.58. The lowest BCUT2D eigenvalue weighted by molar-refractivity contribution is -0.125. The fourth-order valence-electron chi connectivity index (χ4n) is 2.38. The number of amides is 1. The number of allylic oxidation sites excluding steroid dienone is 2. The molecule has 1 aliphatic rings. The number of nitrogens with zero attached hydrogens (tertiary/aromatic N) is 2. The van der Waals surface area contributed by atoms with E-state index in [0.29, 0.717) is 16.7 Å². The zero-order chi connectivity index (χ0) is 15.4. The minimum atomic E-state index is 0.0376. The largest absolute Gasteiger partial charge is 0.347 e. The molecule has 1 amide bonds. The summed E-state index contributed by atoms with van der Waals surface area (Å²) >= 11 is 5.85. The summed E-state index contributed by atoms with van der Waals surface area (Å²) in [5, 5.41) is 7.42. The van der Waals surface area contributed by atoms with Crippen molar-refractivity contribution in [2.75, 3.05) is 0 Å². The maximum atomic E-state index is 12.0. The number of carbonyl (C=O) groups excluding carboxylic acids is 1. The van der Waals surface area contributed by atoms with Crippen LogP contribution in [0.2, 0.25) is 5.02 Å². The minimum absolute atomic E-state index is 0.0376. The third-order valence-electron chi connectivity index (χ3n) is 3.62. The summed E-state index contributed by atoms with van der Waals surface area (Å²) in [6, 6.07) is 7.18. The fourth-order valence-corrected chi connectivity index (χ4v) is 2.51. The van der Waals surface area contributed by atoms with E-state index in [1.54, 1.807) is 12.1 Å². The molecule has 1 heterocycles. The van der Waals surface area contributed by atoms with Gasteiger partial charge < -0.3 is 9.84 Å². The van der Waals surface area contributed by atoms with Crippen LogP contribution in [-0.2, 0) is 11.3 Å². The molecule has 1 aromatic heterocycles. The van der Waals surface area contributed by atoms with Crippen molar-refractivity contribution in [1.29, 1.82) is 0 Å². The number of aromatic nitrogens is 2. The summed E-state index contributed by atoms with van der Waals surface area (Å²) in [5.41, 5.74) is 0.822. The Bertz CT molecular complexity index is 679. The molecule has 1 aromatic carbocycles. The van der Waals surface area contributed by atoms with Gasteiger partial charge in [0, 0.05) is 16.5 Å². The van der Waals surface area contributed by atoms with Gasteiger partial charge in [0.2, 0.25) is 17.6 Å². The number of carbonyl (C=O) groups is 1. The molecule has 1 aliphatic carbocycles. The van der Waals surface area contributed by atoms with Crippen LogP contribution in [-0.4, -0.2) is 16.0 Å². The molecule has 3 rings (SSSR count). The van der Waals surface area contributed by atoms with Gasteiger partial charge in [0.1, 0.15) is 0 Å². The summed E-state index contributed by atoms with van der Waals surface area (Å²) in [6.45, 7) is 0.250.